The van der Waals surface area contributed by atoms with Crippen LogP contribution in [0.1, 0.15) is 20.7 Å². The van der Waals surface area contributed by atoms with E-state index in [1.54, 1.807) is 36.4 Å². The molecule has 0 amide bonds. The summed E-state index contributed by atoms with van der Waals surface area (Å²) in [5, 5.41) is 0. The number of esters is 1. The molecule has 2 aromatic carbocycles. The average molecular weight is 363 g/mol. The van der Waals surface area contributed by atoms with Gasteiger partial charge in [0.25, 0.3) is 0 Å². The van der Waals surface area contributed by atoms with Crippen LogP contribution in [0.15, 0.2) is 48.5 Å². The SMILES string of the molecule is COc1ccc(C(=O)COC(=O)c2ccccc2NS(C)(=O)=O)cc1. The number of anilines is 1. The molecule has 0 aliphatic rings. The molecule has 0 radical (unpaired) electrons. The normalized spacial score (nSPS) is 10.8. The maximum absolute atomic E-state index is 12.2. The van der Waals surface area contributed by atoms with E-state index in [9.17, 15) is 18.0 Å². The zero-order valence-electron chi connectivity index (χ0n) is 13.7. The van der Waals surface area contributed by atoms with Crippen LogP contribution in [-0.2, 0) is 14.8 Å². The van der Waals surface area contributed by atoms with Crippen LogP contribution in [0.25, 0.3) is 0 Å². The monoisotopic (exact) mass is 363 g/mol. The predicted octanol–water partition coefficient (Wildman–Crippen LogP) is 2.11. The molecule has 7 nitrogen and oxygen atoms in total. The topological polar surface area (TPSA) is 98.8 Å². The van der Waals surface area contributed by atoms with Gasteiger partial charge in [-0.3, -0.25) is 9.52 Å². The van der Waals surface area contributed by atoms with Crippen molar-refractivity contribution in [2.24, 2.45) is 0 Å². The molecule has 0 saturated heterocycles. The minimum Gasteiger partial charge on any atom is -0.497 e. The van der Waals surface area contributed by atoms with Gasteiger partial charge in [-0.1, -0.05) is 12.1 Å². The van der Waals surface area contributed by atoms with Crippen molar-refractivity contribution in [3.63, 3.8) is 0 Å². The molecule has 8 heteroatoms. The summed E-state index contributed by atoms with van der Waals surface area (Å²) in [5.74, 6) is -0.576. The third-order valence-corrected chi connectivity index (χ3v) is 3.78. The van der Waals surface area contributed by atoms with E-state index in [1.165, 1.54) is 19.2 Å². The molecular weight excluding hydrogens is 346 g/mol. The highest BCUT2D eigenvalue weighted by atomic mass is 32.2. The van der Waals surface area contributed by atoms with Gasteiger partial charge in [0.1, 0.15) is 5.75 Å². The molecule has 0 fully saturated rings. The lowest BCUT2D eigenvalue weighted by Gasteiger charge is -2.10. The smallest absolute Gasteiger partial charge is 0.340 e. The Labute approximate surface area is 145 Å². The number of nitrogens with one attached hydrogen (secondary N) is 1. The second-order valence-corrected chi connectivity index (χ2v) is 6.90. The molecule has 2 aromatic rings. The second kappa shape index (κ2) is 7.80. The zero-order chi connectivity index (χ0) is 18.4. The summed E-state index contributed by atoms with van der Waals surface area (Å²) in [5.41, 5.74) is 0.485. The summed E-state index contributed by atoms with van der Waals surface area (Å²) in [4.78, 5) is 24.2. The first-order chi connectivity index (χ1) is 11.8. The van der Waals surface area contributed by atoms with Crippen molar-refractivity contribution < 1.29 is 27.5 Å². The summed E-state index contributed by atoms with van der Waals surface area (Å²) in [6, 6.07) is 12.4. The van der Waals surface area contributed by atoms with E-state index in [0.29, 0.717) is 11.3 Å². The first-order valence-electron chi connectivity index (χ1n) is 7.21. The van der Waals surface area contributed by atoms with E-state index in [2.05, 4.69) is 4.72 Å². The number of rotatable bonds is 7. The van der Waals surface area contributed by atoms with E-state index in [0.717, 1.165) is 6.26 Å². The Morgan fingerprint density at radius 2 is 1.68 bits per heavy atom. The van der Waals surface area contributed by atoms with E-state index in [4.69, 9.17) is 9.47 Å². The fourth-order valence-corrected chi connectivity index (χ4v) is 2.60. The molecule has 0 saturated carbocycles. The number of hydrogen-bond donors (Lipinski definition) is 1. The molecule has 0 aliphatic carbocycles. The van der Waals surface area contributed by atoms with E-state index >= 15 is 0 Å². The maximum atomic E-state index is 12.2. The van der Waals surface area contributed by atoms with Crippen molar-refractivity contribution in [1.82, 2.24) is 0 Å². The number of carbonyl (C=O) groups excluding carboxylic acids is 2. The van der Waals surface area contributed by atoms with Gasteiger partial charge >= 0.3 is 5.97 Å². The highest BCUT2D eigenvalue weighted by molar-refractivity contribution is 7.92. The Balaban J connectivity index is 2.06. The zero-order valence-corrected chi connectivity index (χ0v) is 14.5. The van der Waals surface area contributed by atoms with Gasteiger partial charge in [0.15, 0.2) is 12.4 Å². The van der Waals surface area contributed by atoms with Crippen LogP contribution < -0.4 is 9.46 Å². The van der Waals surface area contributed by atoms with Crippen molar-refractivity contribution in [3.05, 3.63) is 59.7 Å². The Bertz CT molecular complexity index is 874. The average Bonchev–Trinajstić information content (AvgIpc) is 2.58. The highest BCUT2D eigenvalue weighted by Gasteiger charge is 2.17. The third kappa shape index (κ3) is 5.32. The van der Waals surface area contributed by atoms with E-state index < -0.39 is 22.6 Å². The Kier molecular flexibility index (Phi) is 5.76. The summed E-state index contributed by atoms with van der Waals surface area (Å²) >= 11 is 0. The number of hydrogen-bond acceptors (Lipinski definition) is 6. The summed E-state index contributed by atoms with van der Waals surface area (Å²) < 4.78 is 34.9. The van der Waals surface area contributed by atoms with Gasteiger partial charge in [0.05, 0.1) is 24.6 Å². The molecule has 0 atom stereocenters. The fraction of sp³-hybridized carbons (Fsp3) is 0.176. The summed E-state index contributed by atoms with van der Waals surface area (Å²) in [6.45, 7) is -0.460. The lowest BCUT2D eigenvalue weighted by molar-refractivity contribution is 0.0476. The van der Waals surface area contributed by atoms with Crippen LogP contribution in [0.2, 0.25) is 0 Å². The van der Waals surface area contributed by atoms with Gasteiger partial charge in [0, 0.05) is 5.56 Å². The second-order valence-electron chi connectivity index (χ2n) is 5.15. The van der Waals surface area contributed by atoms with Crippen molar-refractivity contribution >= 4 is 27.5 Å². The van der Waals surface area contributed by atoms with Crippen molar-refractivity contribution in [1.29, 1.82) is 0 Å². The molecule has 132 valence electrons. The number of ketones is 1. The summed E-state index contributed by atoms with van der Waals surface area (Å²) in [7, 11) is -2.04. The Morgan fingerprint density at radius 1 is 1.04 bits per heavy atom. The van der Waals surface area contributed by atoms with Crippen molar-refractivity contribution in [2.45, 2.75) is 0 Å². The van der Waals surface area contributed by atoms with Crippen LogP contribution in [0.5, 0.6) is 5.75 Å². The largest absolute Gasteiger partial charge is 0.497 e. The van der Waals surface area contributed by atoms with Gasteiger partial charge in [0.2, 0.25) is 10.0 Å². The molecule has 0 aromatic heterocycles. The highest BCUT2D eigenvalue weighted by Crippen LogP contribution is 2.18. The number of benzene rings is 2. The van der Waals surface area contributed by atoms with E-state index in [-0.39, 0.29) is 17.0 Å². The lowest BCUT2D eigenvalue weighted by atomic mass is 10.1. The Morgan fingerprint density at radius 3 is 2.28 bits per heavy atom. The molecule has 0 bridgehead atoms. The maximum Gasteiger partial charge on any atom is 0.340 e. The van der Waals surface area contributed by atoms with Crippen LogP contribution in [0, 0.1) is 0 Å². The number of Topliss-reactive ketones (excluding diaryl/α,β-unsaturated/α-hetero) is 1. The molecule has 0 aliphatic heterocycles. The predicted molar refractivity (Wildman–Crippen MR) is 92.5 cm³/mol. The molecule has 25 heavy (non-hydrogen) atoms. The molecule has 0 spiro atoms. The minimum atomic E-state index is -3.55. The van der Waals surface area contributed by atoms with Gasteiger partial charge in [-0.25, -0.2) is 13.2 Å². The van der Waals surface area contributed by atoms with Crippen LogP contribution >= 0.6 is 0 Å². The van der Waals surface area contributed by atoms with Crippen LogP contribution in [0.3, 0.4) is 0 Å². The van der Waals surface area contributed by atoms with Gasteiger partial charge in [-0.05, 0) is 36.4 Å². The Hall–Kier alpha value is -2.87. The van der Waals surface area contributed by atoms with Crippen molar-refractivity contribution in [2.75, 3.05) is 24.7 Å². The first kappa shape index (κ1) is 18.5. The molecule has 0 heterocycles. The van der Waals surface area contributed by atoms with Gasteiger partial charge in [-0.15, -0.1) is 0 Å². The first-order valence-corrected chi connectivity index (χ1v) is 9.10. The molecule has 0 unspecified atom stereocenters. The van der Waals surface area contributed by atoms with E-state index in [1.807, 2.05) is 0 Å². The number of sulfonamides is 1. The number of para-hydroxylation sites is 1. The molecule has 2 rings (SSSR count). The fourth-order valence-electron chi connectivity index (χ4n) is 2.02. The van der Waals surface area contributed by atoms with Crippen molar-refractivity contribution in [3.8, 4) is 5.75 Å². The van der Waals surface area contributed by atoms with Gasteiger partial charge in [-0.2, -0.15) is 0 Å². The van der Waals surface area contributed by atoms with Crippen LogP contribution in [-0.4, -0.2) is 40.1 Å². The van der Waals surface area contributed by atoms with Gasteiger partial charge < -0.3 is 9.47 Å². The third-order valence-electron chi connectivity index (χ3n) is 3.19. The number of methoxy groups -OCH3 is 1. The standard InChI is InChI=1S/C17H17NO6S/c1-23-13-9-7-12(8-10-13)16(19)11-24-17(20)14-5-3-4-6-15(14)18-25(2,21)22/h3-10,18H,11H2,1-2H3. The minimum absolute atomic E-state index is 0.0236. The quantitative estimate of drug-likeness (QED) is 0.597. The number of carbonyl (C=O) groups is 2. The lowest BCUT2D eigenvalue weighted by Crippen LogP contribution is -2.17. The van der Waals surface area contributed by atoms with Crippen LogP contribution in [0.4, 0.5) is 5.69 Å². The molecule has 1 N–H and O–H groups in total. The summed E-state index contributed by atoms with van der Waals surface area (Å²) in [6.07, 6.45) is 0.975. The number of ether oxygens (including phenoxy) is 2. The molecular formula is C17H17NO6S.